The number of carboxylic acids is 2. The molecule has 39 heavy (non-hydrogen) atoms. The fourth-order valence-electron chi connectivity index (χ4n) is 3.58. The van der Waals surface area contributed by atoms with Crippen LogP contribution in [-0.2, 0) is 36.8 Å². The number of carboxylic acid groups (broad SMARTS) is 2. The Bertz CT molecular complexity index is 1150. The highest BCUT2D eigenvalue weighted by Gasteiger charge is 2.30. The van der Waals surface area contributed by atoms with E-state index in [4.69, 9.17) is 10.8 Å². The summed E-state index contributed by atoms with van der Waals surface area (Å²) in [6.45, 7) is 0. The molecule has 0 aliphatic carbocycles. The maximum absolute atomic E-state index is 13.1. The third-order valence-corrected chi connectivity index (χ3v) is 6.09. The van der Waals surface area contributed by atoms with Crippen LogP contribution in [0.4, 0.5) is 0 Å². The first-order chi connectivity index (χ1) is 18.5. The summed E-state index contributed by atoms with van der Waals surface area (Å²) in [4.78, 5) is 61.2. The van der Waals surface area contributed by atoms with Crippen molar-refractivity contribution >= 4 is 42.3 Å². The largest absolute Gasteiger partial charge is 0.508 e. The lowest BCUT2D eigenvalue weighted by atomic mass is 10.0. The highest BCUT2D eigenvalue weighted by Crippen LogP contribution is 2.11. The van der Waals surface area contributed by atoms with Crippen molar-refractivity contribution in [3.05, 3.63) is 65.7 Å². The van der Waals surface area contributed by atoms with Gasteiger partial charge in [0, 0.05) is 18.6 Å². The monoisotopic (exact) mass is 560 g/mol. The number of aliphatic carboxylic acids is 2. The topological polar surface area (TPSA) is 208 Å². The van der Waals surface area contributed by atoms with Crippen LogP contribution in [0.5, 0.6) is 5.75 Å². The number of phenols is 1. The molecule has 12 nitrogen and oxygen atoms in total. The predicted octanol–water partition coefficient (Wildman–Crippen LogP) is -0.162. The molecular formula is C26H32N4O8S. The predicted molar refractivity (Wildman–Crippen MR) is 144 cm³/mol. The number of thiol groups is 1. The van der Waals surface area contributed by atoms with E-state index < -0.39 is 60.2 Å². The lowest BCUT2D eigenvalue weighted by molar-refractivity contribution is -0.143. The summed E-state index contributed by atoms with van der Waals surface area (Å²) in [5.41, 5.74) is 7.34. The van der Waals surface area contributed by atoms with Crippen molar-refractivity contribution < 1.29 is 39.3 Å². The zero-order chi connectivity index (χ0) is 28.9. The van der Waals surface area contributed by atoms with Crippen LogP contribution in [0.3, 0.4) is 0 Å². The second-order valence-electron chi connectivity index (χ2n) is 8.80. The number of nitrogens with two attached hydrogens (primary N) is 1. The van der Waals surface area contributed by atoms with Gasteiger partial charge in [0.05, 0.1) is 6.04 Å². The Hall–Kier alpha value is -4.10. The minimum atomic E-state index is -1.48. The van der Waals surface area contributed by atoms with E-state index in [1.165, 1.54) is 12.1 Å². The molecule has 4 unspecified atom stereocenters. The molecule has 8 N–H and O–H groups in total. The summed E-state index contributed by atoms with van der Waals surface area (Å²) in [5.74, 6) is -4.92. The summed E-state index contributed by atoms with van der Waals surface area (Å²) in [5, 5.41) is 35.0. The van der Waals surface area contributed by atoms with Gasteiger partial charge in [-0.3, -0.25) is 19.2 Å². The van der Waals surface area contributed by atoms with Crippen LogP contribution in [-0.4, -0.2) is 74.9 Å². The molecule has 0 radical (unpaired) electrons. The first-order valence-corrected chi connectivity index (χ1v) is 12.7. The maximum Gasteiger partial charge on any atom is 0.326 e. The smallest absolute Gasteiger partial charge is 0.326 e. The highest BCUT2D eigenvalue weighted by molar-refractivity contribution is 7.80. The highest BCUT2D eigenvalue weighted by atomic mass is 32.1. The molecule has 3 amide bonds. The van der Waals surface area contributed by atoms with Crippen LogP contribution >= 0.6 is 12.6 Å². The molecule has 0 fully saturated rings. The maximum atomic E-state index is 13.1. The summed E-state index contributed by atoms with van der Waals surface area (Å²) in [7, 11) is 0. The molecule has 0 aromatic heterocycles. The second-order valence-corrected chi connectivity index (χ2v) is 9.17. The van der Waals surface area contributed by atoms with E-state index in [2.05, 4.69) is 28.6 Å². The Kier molecular flexibility index (Phi) is 12.2. The fraction of sp³-hybridized carbons (Fsp3) is 0.346. The molecule has 0 saturated carbocycles. The lowest BCUT2D eigenvalue weighted by Gasteiger charge is -2.24. The van der Waals surface area contributed by atoms with Crippen LogP contribution in [0, 0.1) is 0 Å². The first-order valence-electron chi connectivity index (χ1n) is 12.0. The molecule has 13 heteroatoms. The Morgan fingerprint density at radius 3 is 1.85 bits per heavy atom. The van der Waals surface area contributed by atoms with E-state index in [0.717, 1.165) is 0 Å². The van der Waals surface area contributed by atoms with E-state index in [1.54, 1.807) is 42.5 Å². The Balaban J connectivity index is 2.11. The van der Waals surface area contributed by atoms with E-state index in [0.29, 0.717) is 11.1 Å². The fourth-order valence-corrected chi connectivity index (χ4v) is 3.84. The number of hydrogen-bond acceptors (Lipinski definition) is 8. The molecule has 0 spiro atoms. The summed E-state index contributed by atoms with van der Waals surface area (Å²) < 4.78 is 0. The quantitative estimate of drug-likeness (QED) is 0.136. The van der Waals surface area contributed by atoms with Crippen molar-refractivity contribution in [1.82, 2.24) is 16.0 Å². The second kappa shape index (κ2) is 15.3. The third kappa shape index (κ3) is 10.7. The molecule has 2 rings (SSSR count). The molecule has 0 heterocycles. The summed E-state index contributed by atoms with van der Waals surface area (Å²) in [6, 6.07) is 9.87. The van der Waals surface area contributed by atoms with Gasteiger partial charge in [-0.15, -0.1) is 0 Å². The van der Waals surface area contributed by atoms with Gasteiger partial charge in [0.2, 0.25) is 17.7 Å². The van der Waals surface area contributed by atoms with Crippen molar-refractivity contribution in [3.63, 3.8) is 0 Å². The number of aromatic hydroxyl groups is 1. The van der Waals surface area contributed by atoms with Crippen LogP contribution in [0.2, 0.25) is 0 Å². The SMILES string of the molecule is NC(Cc1ccc(O)cc1)C(=O)NC(CS)C(=O)NC(Cc1ccccc1)C(=O)NC(CCC(=O)O)C(=O)O. The molecule has 2 aromatic rings. The van der Waals surface area contributed by atoms with Gasteiger partial charge < -0.3 is 37.0 Å². The van der Waals surface area contributed by atoms with Gasteiger partial charge >= 0.3 is 11.9 Å². The number of nitrogens with one attached hydrogen (secondary N) is 3. The van der Waals surface area contributed by atoms with Gasteiger partial charge in [-0.2, -0.15) is 12.6 Å². The van der Waals surface area contributed by atoms with Crippen molar-refractivity contribution in [2.75, 3.05) is 5.75 Å². The number of benzene rings is 2. The molecule has 0 aliphatic heterocycles. The van der Waals surface area contributed by atoms with Crippen LogP contribution in [0.1, 0.15) is 24.0 Å². The Morgan fingerprint density at radius 1 is 0.744 bits per heavy atom. The number of hydrogen-bond donors (Lipinski definition) is 8. The van der Waals surface area contributed by atoms with E-state index in [1.807, 2.05) is 0 Å². The van der Waals surface area contributed by atoms with Crippen molar-refractivity contribution in [2.45, 2.75) is 49.9 Å². The standard InChI is InChI=1S/C26H32N4O8S/c27-18(12-16-6-8-17(31)9-7-16)23(34)30-21(14-39)25(36)29-20(13-15-4-2-1-3-5-15)24(35)28-19(26(37)38)10-11-22(32)33/h1-9,18-21,31,39H,10-14,27H2,(H,28,35)(H,29,36)(H,30,34)(H,32,33)(H,37,38). The molecule has 0 saturated heterocycles. The molecule has 0 aliphatic rings. The van der Waals surface area contributed by atoms with Crippen molar-refractivity contribution in [3.8, 4) is 5.75 Å². The first kappa shape index (κ1) is 31.1. The Morgan fingerprint density at radius 2 is 1.28 bits per heavy atom. The summed E-state index contributed by atoms with van der Waals surface area (Å²) >= 11 is 4.13. The molecule has 2 aromatic carbocycles. The minimum Gasteiger partial charge on any atom is -0.508 e. The molecular weight excluding hydrogens is 528 g/mol. The lowest BCUT2D eigenvalue weighted by Crippen LogP contribution is -2.58. The van der Waals surface area contributed by atoms with Crippen molar-refractivity contribution in [2.24, 2.45) is 5.73 Å². The third-order valence-electron chi connectivity index (χ3n) is 5.72. The number of amides is 3. The van der Waals surface area contributed by atoms with Gasteiger partial charge in [-0.1, -0.05) is 42.5 Å². The number of carbonyl (C=O) groups is 5. The van der Waals surface area contributed by atoms with Crippen LogP contribution in [0.15, 0.2) is 54.6 Å². The van der Waals surface area contributed by atoms with E-state index in [9.17, 15) is 34.2 Å². The van der Waals surface area contributed by atoms with E-state index >= 15 is 0 Å². The molecule has 4 atom stereocenters. The minimum absolute atomic E-state index is 0.00269. The van der Waals surface area contributed by atoms with Crippen molar-refractivity contribution in [1.29, 1.82) is 0 Å². The number of carbonyl (C=O) groups excluding carboxylic acids is 3. The van der Waals surface area contributed by atoms with Gasteiger partial charge in [-0.05, 0) is 36.1 Å². The van der Waals surface area contributed by atoms with Gasteiger partial charge in [0.15, 0.2) is 0 Å². The zero-order valence-electron chi connectivity index (χ0n) is 20.9. The van der Waals surface area contributed by atoms with Gasteiger partial charge in [0.25, 0.3) is 0 Å². The Labute approximate surface area is 230 Å². The average Bonchev–Trinajstić information content (AvgIpc) is 2.90. The van der Waals surface area contributed by atoms with Crippen LogP contribution in [0.25, 0.3) is 0 Å². The molecule has 0 bridgehead atoms. The van der Waals surface area contributed by atoms with Gasteiger partial charge in [0.1, 0.15) is 23.9 Å². The normalized spacial score (nSPS) is 13.8. The number of rotatable bonds is 15. The zero-order valence-corrected chi connectivity index (χ0v) is 21.8. The summed E-state index contributed by atoms with van der Waals surface area (Å²) in [6.07, 6.45) is -0.696. The molecule has 210 valence electrons. The van der Waals surface area contributed by atoms with Gasteiger partial charge in [-0.25, -0.2) is 4.79 Å². The average molecular weight is 561 g/mol. The van der Waals surface area contributed by atoms with Crippen LogP contribution < -0.4 is 21.7 Å². The number of phenolic OH excluding ortho intramolecular Hbond substituents is 1. The van der Waals surface area contributed by atoms with E-state index in [-0.39, 0.29) is 30.8 Å².